The predicted octanol–water partition coefficient (Wildman–Crippen LogP) is 5.00. The van der Waals surface area contributed by atoms with E-state index in [9.17, 15) is 0 Å². The highest BCUT2D eigenvalue weighted by molar-refractivity contribution is 5.86. The van der Waals surface area contributed by atoms with Gasteiger partial charge in [0.25, 0.3) is 0 Å². The SMILES string of the molecule is C1=CCCC=C1.CNC1CCC2(CC1)OCCc1c2[nH]c2ccc(OC)cc12. The van der Waals surface area contributed by atoms with Gasteiger partial charge in [-0.2, -0.15) is 0 Å². The molecule has 1 aromatic carbocycles. The summed E-state index contributed by atoms with van der Waals surface area (Å²) in [5.41, 5.74) is 3.85. The van der Waals surface area contributed by atoms with Crippen LogP contribution in [0.15, 0.2) is 42.5 Å². The summed E-state index contributed by atoms with van der Waals surface area (Å²) in [6, 6.07) is 6.93. The standard InChI is InChI=1S/C18H24N2O2.C6H8/c1-19-12-5-8-18(9-6-12)17-14(7-10-22-18)15-11-13(21-2)3-4-16(15)20-17;1-2-4-6-5-3-1/h3-4,11-12,19-20H,5-10H2,1-2H3;1-4H,5-6H2. The molecule has 4 heteroatoms. The maximum Gasteiger partial charge on any atom is 0.119 e. The zero-order valence-corrected chi connectivity index (χ0v) is 17.1. The monoisotopic (exact) mass is 380 g/mol. The van der Waals surface area contributed by atoms with Crippen LogP contribution in [0.2, 0.25) is 0 Å². The van der Waals surface area contributed by atoms with Gasteiger partial charge in [0.05, 0.1) is 19.4 Å². The lowest BCUT2D eigenvalue weighted by Gasteiger charge is -2.42. The quantitative estimate of drug-likeness (QED) is 0.771. The third-order valence-corrected chi connectivity index (χ3v) is 6.38. The first-order valence-electron chi connectivity index (χ1n) is 10.6. The Morgan fingerprint density at radius 3 is 2.50 bits per heavy atom. The molecule has 2 aromatic rings. The Labute approximate surface area is 168 Å². The number of ether oxygens (including phenoxy) is 2. The average molecular weight is 381 g/mol. The largest absolute Gasteiger partial charge is 0.497 e. The molecule has 28 heavy (non-hydrogen) atoms. The van der Waals surface area contributed by atoms with Crippen molar-refractivity contribution in [3.8, 4) is 5.75 Å². The van der Waals surface area contributed by atoms with E-state index in [0.717, 1.165) is 31.6 Å². The molecule has 0 saturated heterocycles. The first kappa shape index (κ1) is 19.3. The molecule has 0 radical (unpaired) electrons. The number of hydrogen-bond donors (Lipinski definition) is 2. The maximum absolute atomic E-state index is 6.32. The maximum atomic E-state index is 6.32. The van der Waals surface area contributed by atoms with Crippen LogP contribution in [0, 0.1) is 0 Å². The minimum absolute atomic E-state index is 0.104. The van der Waals surface area contributed by atoms with E-state index in [1.54, 1.807) is 7.11 Å². The van der Waals surface area contributed by atoms with Crippen molar-refractivity contribution in [2.75, 3.05) is 20.8 Å². The molecular weight excluding hydrogens is 348 g/mol. The fraction of sp³-hybridized carbons (Fsp3) is 0.500. The van der Waals surface area contributed by atoms with Crippen LogP contribution >= 0.6 is 0 Å². The Balaban J connectivity index is 0.000000275. The van der Waals surface area contributed by atoms with Crippen LogP contribution in [-0.4, -0.2) is 31.8 Å². The van der Waals surface area contributed by atoms with Crippen LogP contribution < -0.4 is 10.1 Å². The first-order chi connectivity index (χ1) is 13.8. The summed E-state index contributed by atoms with van der Waals surface area (Å²) in [5, 5.41) is 4.71. The van der Waals surface area contributed by atoms with Gasteiger partial charge in [0, 0.05) is 16.9 Å². The molecule has 1 aliphatic heterocycles. The van der Waals surface area contributed by atoms with Crippen molar-refractivity contribution >= 4 is 10.9 Å². The number of allylic oxidation sites excluding steroid dienone is 4. The van der Waals surface area contributed by atoms with Crippen molar-refractivity contribution in [2.24, 2.45) is 0 Å². The van der Waals surface area contributed by atoms with E-state index in [4.69, 9.17) is 9.47 Å². The summed E-state index contributed by atoms with van der Waals surface area (Å²) >= 11 is 0. The van der Waals surface area contributed by atoms with Crippen LogP contribution in [0.5, 0.6) is 5.75 Å². The molecular formula is C24H32N2O2. The molecule has 1 saturated carbocycles. The second-order valence-corrected chi connectivity index (χ2v) is 7.98. The Bertz CT molecular complexity index is 845. The number of aromatic amines is 1. The van der Waals surface area contributed by atoms with E-state index in [2.05, 4.69) is 53.8 Å². The van der Waals surface area contributed by atoms with Gasteiger partial charge in [-0.25, -0.2) is 0 Å². The van der Waals surface area contributed by atoms with E-state index >= 15 is 0 Å². The van der Waals surface area contributed by atoms with Crippen molar-refractivity contribution in [2.45, 2.75) is 56.6 Å². The molecule has 2 aliphatic carbocycles. The van der Waals surface area contributed by atoms with Crippen LogP contribution in [-0.2, 0) is 16.8 Å². The molecule has 2 N–H and O–H groups in total. The summed E-state index contributed by atoms with van der Waals surface area (Å²) < 4.78 is 11.7. The van der Waals surface area contributed by atoms with E-state index in [1.165, 1.54) is 47.8 Å². The van der Waals surface area contributed by atoms with Gasteiger partial charge in [-0.1, -0.05) is 24.3 Å². The Kier molecular flexibility index (Phi) is 5.88. The molecule has 0 amide bonds. The molecule has 2 heterocycles. The van der Waals surface area contributed by atoms with Gasteiger partial charge < -0.3 is 19.8 Å². The van der Waals surface area contributed by atoms with Crippen LogP contribution in [0.1, 0.15) is 49.8 Å². The van der Waals surface area contributed by atoms with Gasteiger partial charge in [-0.3, -0.25) is 0 Å². The summed E-state index contributed by atoms with van der Waals surface area (Å²) in [6.07, 6.45) is 16.5. The molecule has 4 nitrogen and oxygen atoms in total. The van der Waals surface area contributed by atoms with E-state index in [-0.39, 0.29) is 5.60 Å². The molecule has 150 valence electrons. The smallest absolute Gasteiger partial charge is 0.119 e. The van der Waals surface area contributed by atoms with Crippen LogP contribution in [0.4, 0.5) is 0 Å². The summed E-state index contributed by atoms with van der Waals surface area (Å²) in [6.45, 7) is 0.821. The highest BCUT2D eigenvalue weighted by Gasteiger charge is 2.42. The molecule has 0 unspecified atom stereocenters. The lowest BCUT2D eigenvalue weighted by molar-refractivity contribution is -0.0909. The second-order valence-electron chi connectivity index (χ2n) is 7.98. The minimum atomic E-state index is -0.104. The normalized spacial score (nSPS) is 26.0. The van der Waals surface area contributed by atoms with Gasteiger partial charge in [0.15, 0.2) is 0 Å². The van der Waals surface area contributed by atoms with Crippen molar-refractivity contribution in [1.29, 1.82) is 0 Å². The molecule has 1 spiro atoms. The number of rotatable bonds is 2. The number of aromatic nitrogens is 1. The molecule has 3 aliphatic rings. The molecule has 0 bridgehead atoms. The fourth-order valence-electron chi connectivity index (χ4n) is 4.73. The third kappa shape index (κ3) is 3.76. The summed E-state index contributed by atoms with van der Waals surface area (Å²) in [5.74, 6) is 0.925. The lowest BCUT2D eigenvalue weighted by atomic mass is 9.77. The molecule has 5 rings (SSSR count). The van der Waals surface area contributed by atoms with Gasteiger partial charge in [0.1, 0.15) is 11.4 Å². The van der Waals surface area contributed by atoms with Gasteiger partial charge in [-0.05, 0) is 75.8 Å². The summed E-state index contributed by atoms with van der Waals surface area (Å²) in [4.78, 5) is 3.66. The number of benzene rings is 1. The van der Waals surface area contributed by atoms with Crippen LogP contribution in [0.3, 0.4) is 0 Å². The number of hydrogen-bond acceptors (Lipinski definition) is 3. The topological polar surface area (TPSA) is 46.3 Å². The van der Waals surface area contributed by atoms with E-state index < -0.39 is 0 Å². The first-order valence-corrected chi connectivity index (χ1v) is 10.6. The zero-order chi connectivity index (χ0) is 19.4. The Morgan fingerprint density at radius 2 is 1.89 bits per heavy atom. The highest BCUT2D eigenvalue weighted by Crippen LogP contribution is 2.46. The predicted molar refractivity (Wildman–Crippen MR) is 115 cm³/mol. The van der Waals surface area contributed by atoms with Gasteiger partial charge in [-0.15, -0.1) is 0 Å². The number of methoxy groups -OCH3 is 1. The van der Waals surface area contributed by atoms with E-state index in [0.29, 0.717) is 6.04 Å². The number of H-pyrrole nitrogens is 1. The van der Waals surface area contributed by atoms with Crippen LogP contribution in [0.25, 0.3) is 10.9 Å². The van der Waals surface area contributed by atoms with E-state index in [1.807, 2.05) is 6.07 Å². The lowest BCUT2D eigenvalue weighted by Crippen LogP contribution is -2.43. The molecule has 1 fully saturated rings. The second kappa shape index (κ2) is 8.54. The third-order valence-electron chi connectivity index (χ3n) is 6.38. The van der Waals surface area contributed by atoms with Crippen molar-refractivity contribution in [3.05, 3.63) is 53.8 Å². The van der Waals surface area contributed by atoms with Gasteiger partial charge >= 0.3 is 0 Å². The van der Waals surface area contributed by atoms with Crippen molar-refractivity contribution in [3.63, 3.8) is 0 Å². The average Bonchev–Trinajstić information content (AvgIpc) is 3.15. The summed E-state index contributed by atoms with van der Waals surface area (Å²) in [7, 11) is 3.79. The number of fused-ring (bicyclic) bond motifs is 4. The Hall–Kier alpha value is -2.04. The molecule has 1 aromatic heterocycles. The van der Waals surface area contributed by atoms with Gasteiger partial charge in [0.2, 0.25) is 0 Å². The zero-order valence-electron chi connectivity index (χ0n) is 17.1. The minimum Gasteiger partial charge on any atom is -0.497 e. The molecule has 0 atom stereocenters. The van der Waals surface area contributed by atoms with Crippen molar-refractivity contribution < 1.29 is 9.47 Å². The Morgan fingerprint density at radius 1 is 1.14 bits per heavy atom. The number of nitrogens with one attached hydrogen (secondary N) is 2. The fourth-order valence-corrected chi connectivity index (χ4v) is 4.73. The van der Waals surface area contributed by atoms with Crippen molar-refractivity contribution in [1.82, 2.24) is 10.3 Å². The highest BCUT2D eigenvalue weighted by atomic mass is 16.5.